The van der Waals surface area contributed by atoms with Gasteiger partial charge in [-0.25, -0.2) is 0 Å². The molecule has 2 heterocycles. The molecule has 0 N–H and O–H groups in total. The summed E-state index contributed by atoms with van der Waals surface area (Å²) in [7, 11) is 0. The molecule has 1 aliphatic carbocycles. The number of hydrogen-bond acceptors (Lipinski definition) is 1. The minimum atomic E-state index is -0.103. The van der Waals surface area contributed by atoms with Crippen LogP contribution < -0.4 is 0 Å². The van der Waals surface area contributed by atoms with Crippen molar-refractivity contribution in [3.63, 3.8) is 0 Å². The Bertz CT molecular complexity index is 180. The van der Waals surface area contributed by atoms with Crippen molar-refractivity contribution in [2.45, 2.75) is 50.0 Å². The van der Waals surface area contributed by atoms with Gasteiger partial charge in [0.05, 0.1) is 17.1 Å². The van der Waals surface area contributed by atoms with Gasteiger partial charge < -0.3 is 4.74 Å². The smallest absolute Gasteiger partial charge is 0.0679 e. The van der Waals surface area contributed by atoms with E-state index in [0.717, 1.165) is 6.61 Å². The topological polar surface area (TPSA) is 9.23 Å². The maximum atomic E-state index is 6.41. The normalized spacial score (nSPS) is 53.8. The number of fused-ring (bicyclic) bond motifs is 4. The Morgan fingerprint density at radius 2 is 1.83 bits per heavy atom. The van der Waals surface area contributed by atoms with Crippen molar-refractivity contribution in [2.75, 3.05) is 6.61 Å². The predicted molar refractivity (Wildman–Crippen MR) is 50.6 cm³/mol. The Kier molecular flexibility index (Phi) is 1.93. The minimum absolute atomic E-state index is 0.103. The molecule has 0 aromatic heterocycles. The number of halogens is 1. The van der Waals surface area contributed by atoms with E-state index in [1.54, 1.807) is 0 Å². The first kappa shape index (κ1) is 8.83. The highest BCUT2D eigenvalue weighted by Gasteiger charge is 2.44. The van der Waals surface area contributed by atoms with Crippen LogP contribution in [0.3, 0.4) is 0 Å². The molecule has 0 amide bonds. The summed E-state index contributed by atoms with van der Waals surface area (Å²) >= 11 is 6.41. The molecule has 2 saturated heterocycles. The molecule has 12 heavy (non-hydrogen) atoms. The first-order valence-electron chi connectivity index (χ1n) is 4.85. The maximum Gasteiger partial charge on any atom is 0.0679 e. The van der Waals surface area contributed by atoms with Gasteiger partial charge in [-0.05, 0) is 45.4 Å². The minimum Gasteiger partial charge on any atom is -0.373 e. The summed E-state index contributed by atoms with van der Waals surface area (Å²) in [5.41, 5.74) is 0.142. The first-order valence-corrected chi connectivity index (χ1v) is 5.23. The van der Waals surface area contributed by atoms with Crippen molar-refractivity contribution >= 4 is 11.6 Å². The molecular formula is C10H17ClO. The Hall–Kier alpha value is 0.250. The third kappa shape index (κ3) is 1.38. The number of hydrogen-bond donors (Lipinski definition) is 0. The number of alkyl halides is 1. The summed E-state index contributed by atoms with van der Waals surface area (Å²) in [6.45, 7) is 5.08. The lowest BCUT2D eigenvalue weighted by Gasteiger charge is -2.33. The van der Waals surface area contributed by atoms with E-state index in [4.69, 9.17) is 16.3 Å². The lowest BCUT2D eigenvalue weighted by Crippen LogP contribution is -2.31. The Morgan fingerprint density at radius 3 is 2.42 bits per heavy atom. The van der Waals surface area contributed by atoms with Gasteiger partial charge in [-0.15, -0.1) is 11.6 Å². The highest BCUT2D eigenvalue weighted by Crippen LogP contribution is 2.46. The second-order valence-electron chi connectivity index (χ2n) is 4.79. The van der Waals surface area contributed by atoms with Gasteiger partial charge in [0.25, 0.3) is 0 Å². The Morgan fingerprint density at radius 1 is 1.25 bits per heavy atom. The molecular weight excluding hydrogens is 172 g/mol. The highest BCUT2D eigenvalue weighted by molar-refractivity contribution is 6.24. The van der Waals surface area contributed by atoms with Gasteiger partial charge in [-0.1, -0.05) is 0 Å². The average molecular weight is 189 g/mol. The molecule has 1 saturated carbocycles. The van der Waals surface area contributed by atoms with E-state index >= 15 is 0 Å². The second-order valence-corrected chi connectivity index (χ2v) is 5.65. The summed E-state index contributed by atoms with van der Waals surface area (Å²) in [6, 6.07) is 0. The van der Waals surface area contributed by atoms with Crippen molar-refractivity contribution in [2.24, 2.45) is 5.92 Å². The quantitative estimate of drug-likeness (QED) is 0.532. The van der Waals surface area contributed by atoms with E-state index in [9.17, 15) is 0 Å². The van der Waals surface area contributed by atoms with E-state index in [0.29, 0.717) is 5.92 Å². The molecule has 1 unspecified atom stereocenters. The summed E-state index contributed by atoms with van der Waals surface area (Å²) < 4.78 is 5.86. The van der Waals surface area contributed by atoms with Crippen LogP contribution in [0.4, 0.5) is 0 Å². The van der Waals surface area contributed by atoms with E-state index < -0.39 is 0 Å². The Labute approximate surface area is 79.4 Å². The van der Waals surface area contributed by atoms with Crippen LogP contribution in [-0.4, -0.2) is 17.1 Å². The SMILES string of the molecule is CC12CCC(CC1)C(C)(Cl)CO2. The first-order chi connectivity index (χ1) is 5.52. The van der Waals surface area contributed by atoms with Crippen LogP contribution in [0.5, 0.6) is 0 Å². The van der Waals surface area contributed by atoms with Gasteiger partial charge in [0.1, 0.15) is 0 Å². The van der Waals surface area contributed by atoms with Gasteiger partial charge in [0.2, 0.25) is 0 Å². The van der Waals surface area contributed by atoms with Crippen LogP contribution in [0.15, 0.2) is 0 Å². The fourth-order valence-corrected chi connectivity index (χ4v) is 2.68. The molecule has 1 nitrogen and oxygen atoms in total. The summed E-state index contributed by atoms with van der Waals surface area (Å²) in [6.07, 6.45) is 4.88. The molecule has 0 aromatic carbocycles. The fraction of sp³-hybridized carbons (Fsp3) is 1.00. The van der Waals surface area contributed by atoms with Crippen LogP contribution >= 0.6 is 11.6 Å². The summed E-state index contributed by atoms with van der Waals surface area (Å²) in [5, 5.41) is 0. The Balaban J connectivity index is 2.21. The van der Waals surface area contributed by atoms with E-state index in [1.165, 1.54) is 25.7 Å². The molecule has 2 bridgehead atoms. The molecule has 0 radical (unpaired) electrons. The van der Waals surface area contributed by atoms with Crippen LogP contribution in [0, 0.1) is 5.92 Å². The third-order valence-corrected chi connectivity index (χ3v) is 4.02. The second kappa shape index (κ2) is 2.62. The van der Waals surface area contributed by atoms with Crippen molar-refractivity contribution in [3.8, 4) is 0 Å². The van der Waals surface area contributed by atoms with Gasteiger partial charge in [0.15, 0.2) is 0 Å². The predicted octanol–water partition coefficient (Wildman–Crippen LogP) is 2.96. The number of rotatable bonds is 0. The standard InChI is InChI=1S/C10H17ClO/c1-9-5-3-8(4-6-9)10(2,11)7-12-9/h8H,3-7H2,1-2H3. The molecule has 70 valence electrons. The van der Waals surface area contributed by atoms with Gasteiger partial charge in [-0.3, -0.25) is 0 Å². The van der Waals surface area contributed by atoms with Crippen molar-refractivity contribution in [1.82, 2.24) is 0 Å². The zero-order valence-corrected chi connectivity index (χ0v) is 8.66. The van der Waals surface area contributed by atoms with Gasteiger partial charge in [-0.2, -0.15) is 0 Å². The van der Waals surface area contributed by atoms with Crippen molar-refractivity contribution in [1.29, 1.82) is 0 Å². The zero-order chi connectivity index (χ0) is 8.82. The molecule has 2 heteroatoms. The zero-order valence-electron chi connectivity index (χ0n) is 7.90. The van der Waals surface area contributed by atoms with E-state index in [1.807, 2.05) is 0 Å². The maximum absolute atomic E-state index is 6.41. The van der Waals surface area contributed by atoms with Gasteiger partial charge in [0, 0.05) is 0 Å². The lowest BCUT2D eigenvalue weighted by molar-refractivity contribution is -0.0374. The average Bonchev–Trinajstić information content (AvgIpc) is 2.18. The molecule has 3 rings (SSSR count). The molecule has 2 aliphatic heterocycles. The molecule has 0 aromatic rings. The summed E-state index contributed by atoms with van der Waals surface area (Å²) in [5.74, 6) is 0.676. The van der Waals surface area contributed by atoms with E-state index in [2.05, 4.69) is 13.8 Å². The van der Waals surface area contributed by atoms with Crippen LogP contribution in [0.2, 0.25) is 0 Å². The number of ether oxygens (including phenoxy) is 1. The lowest BCUT2D eigenvalue weighted by atomic mass is 9.76. The van der Waals surface area contributed by atoms with Crippen LogP contribution in [0.25, 0.3) is 0 Å². The van der Waals surface area contributed by atoms with Crippen molar-refractivity contribution < 1.29 is 4.74 Å². The molecule has 0 spiro atoms. The van der Waals surface area contributed by atoms with Crippen LogP contribution in [0.1, 0.15) is 39.5 Å². The van der Waals surface area contributed by atoms with Crippen LogP contribution in [-0.2, 0) is 4.74 Å². The summed E-state index contributed by atoms with van der Waals surface area (Å²) in [4.78, 5) is -0.103. The fourth-order valence-electron chi connectivity index (χ4n) is 2.41. The van der Waals surface area contributed by atoms with Gasteiger partial charge >= 0.3 is 0 Å². The monoisotopic (exact) mass is 188 g/mol. The largest absolute Gasteiger partial charge is 0.373 e. The van der Waals surface area contributed by atoms with Crippen molar-refractivity contribution in [3.05, 3.63) is 0 Å². The molecule has 3 aliphatic rings. The molecule has 3 fully saturated rings. The highest BCUT2D eigenvalue weighted by atomic mass is 35.5. The molecule has 1 atom stereocenters. The third-order valence-electron chi connectivity index (χ3n) is 3.60. The van der Waals surface area contributed by atoms with E-state index in [-0.39, 0.29) is 10.5 Å².